The summed E-state index contributed by atoms with van der Waals surface area (Å²) in [5, 5.41) is 9.20. The number of amides is 1. The SMILES string of the molecule is CN1C(=CC(=O)c2ccc(C#N)cc2)N(C2[C@H]3CN(S(=O)(=O)c4ccc(F)cc4)C[C@H]23)C(=O)C1(c1ccncc1)c1ccncc1. The highest BCUT2D eigenvalue weighted by molar-refractivity contribution is 7.89. The first-order chi connectivity index (χ1) is 22.2. The van der Waals surface area contributed by atoms with Crippen molar-refractivity contribution in [2.75, 3.05) is 20.1 Å². The number of aromatic nitrogens is 2. The van der Waals surface area contributed by atoms with Crippen LogP contribution in [0.25, 0.3) is 0 Å². The van der Waals surface area contributed by atoms with Crippen LogP contribution in [0.3, 0.4) is 0 Å². The number of nitrogens with zero attached hydrogens (tertiary/aromatic N) is 6. The Labute approximate surface area is 265 Å². The van der Waals surface area contributed by atoms with Crippen LogP contribution in [0.15, 0.2) is 114 Å². The van der Waals surface area contributed by atoms with E-state index in [-0.39, 0.29) is 47.6 Å². The molecule has 1 aliphatic carbocycles. The quantitative estimate of drug-likeness (QED) is 0.223. The van der Waals surface area contributed by atoms with E-state index in [1.807, 2.05) is 6.07 Å². The molecule has 0 bridgehead atoms. The Balaban J connectivity index is 1.29. The van der Waals surface area contributed by atoms with Gasteiger partial charge in [-0.1, -0.05) is 0 Å². The van der Waals surface area contributed by atoms with E-state index in [9.17, 15) is 27.7 Å². The number of nitriles is 1. The molecule has 0 radical (unpaired) electrons. The van der Waals surface area contributed by atoms with Crippen LogP contribution in [0.4, 0.5) is 4.39 Å². The number of hydrogen-bond acceptors (Lipinski definition) is 8. The second-order valence-electron chi connectivity index (χ2n) is 11.6. The number of carbonyl (C=O) groups is 2. The van der Waals surface area contributed by atoms with Crippen LogP contribution in [-0.2, 0) is 20.4 Å². The maximum atomic E-state index is 15.0. The number of allylic oxidation sites excluding steroid dienone is 1. The highest BCUT2D eigenvalue weighted by Gasteiger charge is 2.67. The number of rotatable bonds is 7. The van der Waals surface area contributed by atoms with Gasteiger partial charge in [0.2, 0.25) is 10.0 Å². The van der Waals surface area contributed by atoms with Gasteiger partial charge >= 0.3 is 0 Å². The number of ketones is 1. The summed E-state index contributed by atoms with van der Waals surface area (Å²) in [6, 6.07) is 19.7. The molecule has 2 saturated heterocycles. The third-order valence-electron chi connectivity index (χ3n) is 9.24. The zero-order valence-corrected chi connectivity index (χ0v) is 25.4. The van der Waals surface area contributed by atoms with E-state index in [4.69, 9.17) is 0 Å². The number of benzene rings is 2. The van der Waals surface area contributed by atoms with Crippen molar-refractivity contribution in [1.82, 2.24) is 24.1 Å². The molecule has 1 amide bonds. The molecule has 2 aliphatic heterocycles. The topological polar surface area (TPSA) is 128 Å². The fourth-order valence-corrected chi connectivity index (χ4v) is 8.41. The fraction of sp³-hybridized carbons (Fsp3) is 0.206. The van der Waals surface area contributed by atoms with Crippen LogP contribution in [0.5, 0.6) is 0 Å². The van der Waals surface area contributed by atoms with Gasteiger partial charge in [-0.05, 0) is 83.9 Å². The summed E-state index contributed by atoms with van der Waals surface area (Å²) in [6.07, 6.45) is 7.87. The highest BCUT2D eigenvalue weighted by Crippen LogP contribution is 2.56. The van der Waals surface area contributed by atoms with E-state index in [1.54, 1.807) is 90.2 Å². The lowest BCUT2D eigenvalue weighted by Crippen LogP contribution is -2.46. The zero-order valence-electron chi connectivity index (χ0n) is 24.6. The van der Waals surface area contributed by atoms with Crippen molar-refractivity contribution in [1.29, 1.82) is 5.26 Å². The molecule has 4 aromatic rings. The minimum atomic E-state index is -3.87. The Kier molecular flexibility index (Phi) is 7.03. The van der Waals surface area contributed by atoms with Crippen molar-refractivity contribution in [3.8, 4) is 6.07 Å². The molecular weight excluding hydrogens is 607 g/mol. The standard InChI is InChI=1S/C34H27FN6O4S/c1-39-31(18-30(42)23-4-2-22(19-36)3-5-23)41(33(43)34(39,24-10-14-37-15-11-24)25-12-16-38-17-13-25)32-28-20-40(21-29(28)32)46(44,45)27-8-6-26(35)7-9-27/h2-18,28-29,32H,20-21H2,1H3/t28-,29-/m0/s1. The van der Waals surface area contributed by atoms with E-state index in [0.717, 1.165) is 12.1 Å². The van der Waals surface area contributed by atoms with Gasteiger partial charge in [0.1, 0.15) is 11.6 Å². The average Bonchev–Trinajstić information content (AvgIpc) is 3.43. The fourth-order valence-electron chi connectivity index (χ4n) is 6.90. The van der Waals surface area contributed by atoms with Crippen molar-refractivity contribution < 1.29 is 22.4 Å². The van der Waals surface area contributed by atoms with Crippen LogP contribution in [0, 0.1) is 29.0 Å². The van der Waals surface area contributed by atoms with Gasteiger partial charge in [-0.25, -0.2) is 12.8 Å². The molecule has 3 aliphatic rings. The van der Waals surface area contributed by atoms with Gasteiger partial charge in [-0.2, -0.15) is 9.57 Å². The number of carbonyl (C=O) groups excluding carboxylic acids is 2. The Morgan fingerprint density at radius 3 is 1.98 bits per heavy atom. The van der Waals surface area contributed by atoms with E-state index in [1.165, 1.54) is 22.5 Å². The summed E-state index contributed by atoms with van der Waals surface area (Å²) >= 11 is 0. The van der Waals surface area contributed by atoms with Gasteiger partial charge < -0.3 is 4.90 Å². The highest BCUT2D eigenvalue weighted by atomic mass is 32.2. The Morgan fingerprint density at radius 2 is 1.46 bits per heavy atom. The van der Waals surface area contributed by atoms with E-state index in [2.05, 4.69) is 9.97 Å². The molecule has 230 valence electrons. The van der Waals surface area contributed by atoms with Gasteiger partial charge in [0.15, 0.2) is 11.3 Å². The molecule has 3 fully saturated rings. The van der Waals surface area contributed by atoms with Gasteiger partial charge in [-0.15, -0.1) is 0 Å². The number of hydrogen-bond donors (Lipinski definition) is 0. The minimum absolute atomic E-state index is 0.00622. The number of fused-ring (bicyclic) bond motifs is 1. The van der Waals surface area contributed by atoms with Crippen LogP contribution < -0.4 is 0 Å². The maximum absolute atomic E-state index is 15.0. The normalized spacial score (nSPS) is 22.9. The molecule has 12 heteroatoms. The Hall–Kier alpha value is -5.25. The summed E-state index contributed by atoms with van der Waals surface area (Å²) in [7, 11) is -2.10. The average molecular weight is 635 g/mol. The molecular formula is C34H27FN6O4S. The van der Waals surface area contributed by atoms with Crippen LogP contribution >= 0.6 is 0 Å². The number of likely N-dealkylation sites (N-methyl/N-ethyl adjacent to an activating group) is 1. The lowest BCUT2D eigenvalue weighted by atomic mass is 9.82. The number of pyridine rings is 2. The molecule has 10 nitrogen and oxygen atoms in total. The number of halogens is 1. The maximum Gasteiger partial charge on any atom is 0.263 e. The lowest BCUT2D eigenvalue weighted by Gasteiger charge is -2.35. The third kappa shape index (κ3) is 4.50. The summed E-state index contributed by atoms with van der Waals surface area (Å²) in [4.78, 5) is 40.4. The number of sulfonamides is 1. The first kappa shape index (κ1) is 29.5. The molecule has 0 spiro atoms. The molecule has 2 aromatic heterocycles. The lowest BCUT2D eigenvalue weighted by molar-refractivity contribution is -0.132. The Bertz CT molecular complexity index is 1960. The van der Waals surface area contributed by atoms with Crippen LogP contribution in [0.1, 0.15) is 27.0 Å². The molecule has 0 unspecified atom stereocenters. The van der Waals surface area contributed by atoms with Crippen molar-refractivity contribution >= 4 is 21.7 Å². The number of piperidine rings is 1. The van der Waals surface area contributed by atoms with E-state index < -0.39 is 21.4 Å². The van der Waals surface area contributed by atoms with Gasteiger partial charge in [0.25, 0.3) is 5.91 Å². The first-order valence-corrected chi connectivity index (χ1v) is 16.0. The van der Waals surface area contributed by atoms with Crippen LogP contribution in [0.2, 0.25) is 0 Å². The molecule has 2 aromatic carbocycles. The van der Waals surface area contributed by atoms with Crippen molar-refractivity contribution in [3.05, 3.63) is 138 Å². The second kappa shape index (κ2) is 11.0. The predicted octanol–water partition coefficient (Wildman–Crippen LogP) is 3.55. The molecule has 7 rings (SSSR count). The van der Waals surface area contributed by atoms with Gasteiger partial charge in [0.05, 0.1) is 16.5 Å². The van der Waals surface area contributed by atoms with Gasteiger partial charge in [0, 0.05) is 74.4 Å². The van der Waals surface area contributed by atoms with E-state index >= 15 is 0 Å². The minimum Gasteiger partial charge on any atom is -0.339 e. The van der Waals surface area contributed by atoms with Crippen molar-refractivity contribution in [2.45, 2.75) is 16.5 Å². The molecule has 2 atom stereocenters. The second-order valence-corrected chi connectivity index (χ2v) is 13.5. The molecule has 46 heavy (non-hydrogen) atoms. The zero-order chi connectivity index (χ0) is 32.2. The van der Waals surface area contributed by atoms with Crippen LogP contribution in [-0.4, -0.2) is 70.4 Å². The smallest absolute Gasteiger partial charge is 0.263 e. The Morgan fingerprint density at radius 1 is 0.913 bits per heavy atom. The summed E-state index contributed by atoms with van der Waals surface area (Å²) in [5.41, 5.74) is 0.697. The third-order valence-corrected chi connectivity index (χ3v) is 11.1. The molecule has 0 N–H and O–H groups in total. The monoisotopic (exact) mass is 634 g/mol. The van der Waals surface area contributed by atoms with Crippen molar-refractivity contribution in [3.63, 3.8) is 0 Å². The predicted molar refractivity (Wildman–Crippen MR) is 163 cm³/mol. The summed E-state index contributed by atoms with van der Waals surface area (Å²) in [6.45, 7) is 0.355. The largest absolute Gasteiger partial charge is 0.339 e. The molecule has 1 saturated carbocycles. The first-order valence-electron chi connectivity index (χ1n) is 14.6. The van der Waals surface area contributed by atoms with Crippen molar-refractivity contribution in [2.24, 2.45) is 11.8 Å². The molecule has 4 heterocycles. The summed E-state index contributed by atoms with van der Waals surface area (Å²) in [5.74, 6) is -1.13. The van der Waals surface area contributed by atoms with Gasteiger partial charge in [-0.3, -0.25) is 24.5 Å². The summed E-state index contributed by atoms with van der Waals surface area (Å²) < 4.78 is 41.6. The van der Waals surface area contributed by atoms with E-state index in [0.29, 0.717) is 28.1 Å².